The fraction of sp³-hybridized carbons (Fsp3) is 0.263. The molecule has 0 bridgehead atoms. The van der Waals surface area contributed by atoms with Crippen molar-refractivity contribution in [3.05, 3.63) is 53.6 Å². The molecule has 1 aliphatic rings. The second kappa shape index (κ2) is 7.99. The second-order valence-electron chi connectivity index (χ2n) is 6.28. The lowest BCUT2D eigenvalue weighted by Gasteiger charge is -2.13. The number of hydrogen-bond acceptors (Lipinski definition) is 6. The van der Waals surface area contributed by atoms with E-state index in [0.717, 1.165) is 12.8 Å². The van der Waals surface area contributed by atoms with Crippen molar-refractivity contribution in [3.8, 4) is 5.75 Å². The van der Waals surface area contributed by atoms with E-state index >= 15 is 0 Å². The van der Waals surface area contributed by atoms with Crippen LogP contribution < -0.4 is 14.8 Å². The van der Waals surface area contributed by atoms with Crippen LogP contribution in [0, 0.1) is 0 Å². The molecule has 3 rings (SSSR count). The molecule has 148 valence electrons. The monoisotopic (exact) mass is 404 g/mol. The Morgan fingerprint density at radius 3 is 2.21 bits per heavy atom. The van der Waals surface area contributed by atoms with E-state index in [-0.39, 0.29) is 16.6 Å². The molecule has 0 spiro atoms. The van der Waals surface area contributed by atoms with E-state index in [1.165, 1.54) is 56.7 Å². The molecular formula is C19H20N2O6S. The first-order valence-electron chi connectivity index (χ1n) is 8.54. The summed E-state index contributed by atoms with van der Waals surface area (Å²) in [5, 5.41) is 2.65. The highest BCUT2D eigenvalue weighted by Gasteiger charge is 2.28. The molecule has 1 saturated carbocycles. The average molecular weight is 404 g/mol. The van der Waals surface area contributed by atoms with Gasteiger partial charge in [-0.25, -0.2) is 17.9 Å². The van der Waals surface area contributed by atoms with Gasteiger partial charge in [-0.3, -0.25) is 4.79 Å². The summed E-state index contributed by atoms with van der Waals surface area (Å²) >= 11 is 0. The van der Waals surface area contributed by atoms with Gasteiger partial charge < -0.3 is 14.8 Å². The van der Waals surface area contributed by atoms with Gasteiger partial charge in [0.05, 0.1) is 30.4 Å². The third-order valence-corrected chi connectivity index (χ3v) is 5.71. The molecule has 0 saturated heterocycles. The Morgan fingerprint density at radius 1 is 1.00 bits per heavy atom. The summed E-state index contributed by atoms with van der Waals surface area (Å²) in [6.07, 6.45) is 1.64. The number of carbonyl (C=O) groups is 2. The highest BCUT2D eigenvalue weighted by molar-refractivity contribution is 7.89. The largest absolute Gasteiger partial charge is 0.495 e. The molecule has 28 heavy (non-hydrogen) atoms. The lowest BCUT2D eigenvalue weighted by atomic mass is 10.1. The van der Waals surface area contributed by atoms with Crippen molar-refractivity contribution in [1.29, 1.82) is 0 Å². The molecule has 0 unspecified atom stereocenters. The molecular weight excluding hydrogens is 384 g/mol. The topological polar surface area (TPSA) is 111 Å². The molecule has 0 aromatic heterocycles. The number of methoxy groups -OCH3 is 2. The Hall–Kier alpha value is -2.91. The van der Waals surface area contributed by atoms with Crippen LogP contribution in [0.5, 0.6) is 5.75 Å². The van der Waals surface area contributed by atoms with Crippen LogP contribution >= 0.6 is 0 Å². The summed E-state index contributed by atoms with van der Waals surface area (Å²) < 4.78 is 37.3. The molecule has 1 amide bonds. The van der Waals surface area contributed by atoms with Crippen LogP contribution in [0.3, 0.4) is 0 Å². The Balaban J connectivity index is 1.82. The molecule has 8 nitrogen and oxygen atoms in total. The van der Waals surface area contributed by atoms with Gasteiger partial charge in [-0.2, -0.15) is 0 Å². The van der Waals surface area contributed by atoms with Crippen molar-refractivity contribution < 1.29 is 27.5 Å². The van der Waals surface area contributed by atoms with Gasteiger partial charge in [0.2, 0.25) is 10.0 Å². The van der Waals surface area contributed by atoms with E-state index in [4.69, 9.17) is 4.74 Å². The van der Waals surface area contributed by atoms with Gasteiger partial charge in [-0.15, -0.1) is 0 Å². The van der Waals surface area contributed by atoms with Crippen LogP contribution in [0.1, 0.15) is 33.6 Å². The molecule has 0 atom stereocenters. The average Bonchev–Trinajstić information content (AvgIpc) is 3.50. The van der Waals surface area contributed by atoms with E-state index in [1.54, 1.807) is 0 Å². The van der Waals surface area contributed by atoms with Gasteiger partial charge in [0.15, 0.2) is 0 Å². The van der Waals surface area contributed by atoms with Crippen LogP contribution in [0.25, 0.3) is 0 Å². The van der Waals surface area contributed by atoms with E-state index in [9.17, 15) is 18.0 Å². The summed E-state index contributed by atoms with van der Waals surface area (Å²) in [6, 6.07) is 10.1. The number of benzene rings is 2. The van der Waals surface area contributed by atoms with Crippen molar-refractivity contribution >= 4 is 27.6 Å². The van der Waals surface area contributed by atoms with Gasteiger partial charge in [-0.05, 0) is 55.3 Å². The quantitative estimate of drug-likeness (QED) is 0.685. The first-order chi connectivity index (χ1) is 13.3. The minimum atomic E-state index is -3.67. The highest BCUT2D eigenvalue weighted by Crippen LogP contribution is 2.29. The smallest absolute Gasteiger partial charge is 0.337 e. The third-order valence-electron chi connectivity index (χ3n) is 4.20. The lowest BCUT2D eigenvalue weighted by Crippen LogP contribution is -2.25. The zero-order chi connectivity index (χ0) is 20.3. The minimum absolute atomic E-state index is 0.0292. The molecule has 0 aliphatic heterocycles. The number of anilines is 1. The molecule has 9 heteroatoms. The normalized spacial score (nSPS) is 13.6. The highest BCUT2D eigenvalue weighted by atomic mass is 32.2. The maximum absolute atomic E-state index is 12.5. The molecule has 2 N–H and O–H groups in total. The van der Waals surface area contributed by atoms with Gasteiger partial charge in [0.25, 0.3) is 5.91 Å². The zero-order valence-corrected chi connectivity index (χ0v) is 16.2. The fourth-order valence-corrected chi connectivity index (χ4v) is 3.84. The van der Waals surface area contributed by atoms with Crippen molar-refractivity contribution in [3.63, 3.8) is 0 Å². The standard InChI is InChI=1S/C19H20N2O6S/c1-26-17-10-9-15(28(24,25)21-14-7-8-14)11-16(17)20-18(22)12-3-5-13(6-4-12)19(23)27-2/h3-6,9-11,14,21H,7-8H2,1-2H3,(H,20,22). The zero-order valence-electron chi connectivity index (χ0n) is 15.4. The SMILES string of the molecule is COC(=O)c1ccc(C(=O)Nc2cc(S(=O)(=O)NC3CC3)ccc2OC)cc1. The Labute approximate surface area is 162 Å². The predicted molar refractivity (Wildman–Crippen MR) is 102 cm³/mol. The molecule has 2 aromatic carbocycles. The Kier molecular flexibility index (Phi) is 5.66. The number of hydrogen-bond donors (Lipinski definition) is 2. The van der Waals surface area contributed by atoms with E-state index < -0.39 is 21.9 Å². The maximum atomic E-state index is 12.5. The number of amides is 1. The number of rotatable bonds is 7. The van der Waals surface area contributed by atoms with E-state index in [2.05, 4.69) is 14.8 Å². The molecule has 1 fully saturated rings. The summed E-state index contributed by atoms with van der Waals surface area (Å²) in [6.45, 7) is 0. The minimum Gasteiger partial charge on any atom is -0.495 e. The van der Waals surface area contributed by atoms with Crippen LogP contribution in [0.2, 0.25) is 0 Å². The maximum Gasteiger partial charge on any atom is 0.337 e. The molecule has 1 aliphatic carbocycles. The fourth-order valence-electron chi connectivity index (χ4n) is 2.51. The Bertz CT molecular complexity index is 998. The molecule has 2 aromatic rings. The van der Waals surface area contributed by atoms with Crippen LogP contribution in [0.15, 0.2) is 47.4 Å². The third kappa shape index (κ3) is 4.49. The number of sulfonamides is 1. The molecule has 0 heterocycles. The van der Waals surface area contributed by atoms with Gasteiger partial charge in [-0.1, -0.05) is 0 Å². The summed E-state index contributed by atoms with van der Waals surface area (Å²) in [5.74, 6) is -0.654. The van der Waals surface area contributed by atoms with Crippen molar-refractivity contribution in [2.75, 3.05) is 19.5 Å². The predicted octanol–water partition coefficient (Wildman–Crippen LogP) is 2.17. The number of nitrogens with one attached hydrogen (secondary N) is 2. The van der Waals surface area contributed by atoms with Gasteiger partial charge in [0.1, 0.15) is 5.75 Å². The summed E-state index contributed by atoms with van der Waals surface area (Å²) in [7, 11) is -0.976. The van der Waals surface area contributed by atoms with Crippen LogP contribution in [-0.2, 0) is 14.8 Å². The Morgan fingerprint density at radius 2 is 1.64 bits per heavy atom. The number of ether oxygens (including phenoxy) is 2. The van der Waals surface area contributed by atoms with Gasteiger partial charge >= 0.3 is 5.97 Å². The van der Waals surface area contributed by atoms with E-state index in [1.807, 2.05) is 0 Å². The lowest BCUT2D eigenvalue weighted by molar-refractivity contribution is 0.0600. The van der Waals surface area contributed by atoms with Crippen molar-refractivity contribution in [1.82, 2.24) is 4.72 Å². The number of carbonyl (C=O) groups excluding carboxylic acids is 2. The van der Waals surface area contributed by atoms with Crippen LogP contribution in [0.4, 0.5) is 5.69 Å². The number of esters is 1. The van der Waals surface area contributed by atoms with Crippen molar-refractivity contribution in [2.45, 2.75) is 23.8 Å². The van der Waals surface area contributed by atoms with Crippen LogP contribution in [-0.4, -0.2) is 40.6 Å². The first-order valence-corrected chi connectivity index (χ1v) is 10.0. The summed E-state index contributed by atoms with van der Waals surface area (Å²) in [5.41, 5.74) is 0.832. The van der Waals surface area contributed by atoms with Gasteiger partial charge in [0, 0.05) is 11.6 Å². The molecule has 0 radical (unpaired) electrons. The second-order valence-corrected chi connectivity index (χ2v) is 7.99. The summed E-state index contributed by atoms with van der Waals surface area (Å²) in [4.78, 5) is 24.1. The van der Waals surface area contributed by atoms with Crippen molar-refractivity contribution in [2.24, 2.45) is 0 Å². The first kappa shape index (κ1) is 19.8. The van der Waals surface area contributed by atoms with E-state index in [0.29, 0.717) is 16.9 Å².